The molecule has 0 saturated carbocycles. The van der Waals surface area contributed by atoms with Crippen LogP contribution in [0.2, 0.25) is 0 Å². The van der Waals surface area contributed by atoms with Gasteiger partial charge in [0.15, 0.2) is 0 Å². The van der Waals surface area contributed by atoms with E-state index in [-0.39, 0.29) is 24.8 Å². The molecule has 1 saturated heterocycles. The van der Waals surface area contributed by atoms with E-state index in [1.807, 2.05) is 0 Å². The van der Waals surface area contributed by atoms with Crippen molar-refractivity contribution in [2.75, 3.05) is 26.2 Å². The molecule has 5 heteroatoms. The fourth-order valence-corrected chi connectivity index (χ4v) is 2.06. The first-order valence-corrected chi connectivity index (χ1v) is 5.77. The van der Waals surface area contributed by atoms with Crippen molar-refractivity contribution in [2.45, 2.75) is 19.3 Å². The topological polar surface area (TPSA) is 69.6 Å². The van der Waals surface area contributed by atoms with Crippen LogP contribution in [0.15, 0.2) is 0 Å². The lowest BCUT2D eigenvalue weighted by Gasteiger charge is -2.32. The van der Waals surface area contributed by atoms with E-state index >= 15 is 0 Å². The molecule has 1 amide bonds. The lowest BCUT2D eigenvalue weighted by molar-refractivity contribution is -0.140. The van der Waals surface area contributed by atoms with Gasteiger partial charge in [0.05, 0.1) is 13.1 Å². The van der Waals surface area contributed by atoms with Gasteiger partial charge >= 0.3 is 5.97 Å². The Morgan fingerprint density at radius 2 is 2.29 bits per heavy atom. The van der Waals surface area contributed by atoms with Crippen LogP contribution in [0.25, 0.3) is 0 Å². The van der Waals surface area contributed by atoms with Gasteiger partial charge in [-0.25, -0.2) is 0 Å². The zero-order valence-corrected chi connectivity index (χ0v) is 9.82. The fraction of sp³-hybridized carbons (Fsp3) is 0.667. The van der Waals surface area contributed by atoms with Crippen molar-refractivity contribution in [1.29, 1.82) is 0 Å². The number of piperidine rings is 1. The minimum absolute atomic E-state index is 0.00432. The van der Waals surface area contributed by atoms with Gasteiger partial charge in [-0.1, -0.05) is 5.92 Å². The Balaban J connectivity index is 2.35. The summed E-state index contributed by atoms with van der Waals surface area (Å²) in [6, 6.07) is 0. The second-order valence-corrected chi connectivity index (χ2v) is 4.25. The van der Waals surface area contributed by atoms with Crippen LogP contribution < -0.4 is 5.32 Å². The number of carbonyl (C=O) groups is 2. The van der Waals surface area contributed by atoms with Crippen LogP contribution in [-0.4, -0.2) is 48.1 Å². The van der Waals surface area contributed by atoms with E-state index in [2.05, 4.69) is 11.2 Å². The number of amides is 1. The molecule has 1 unspecified atom stereocenters. The van der Waals surface area contributed by atoms with Crippen molar-refractivity contribution in [3.63, 3.8) is 0 Å². The molecule has 0 aliphatic carbocycles. The van der Waals surface area contributed by atoms with Crippen LogP contribution in [0.4, 0.5) is 0 Å². The molecule has 1 aliphatic rings. The average Bonchev–Trinajstić information content (AvgIpc) is 2.28. The number of likely N-dealkylation sites (tertiary alicyclic amines) is 1. The Bertz CT molecular complexity index is 322. The molecule has 17 heavy (non-hydrogen) atoms. The van der Waals surface area contributed by atoms with Crippen molar-refractivity contribution < 1.29 is 14.7 Å². The lowest BCUT2D eigenvalue weighted by Crippen LogP contribution is -2.44. The van der Waals surface area contributed by atoms with E-state index in [0.717, 1.165) is 12.8 Å². The zero-order valence-electron chi connectivity index (χ0n) is 9.82. The summed E-state index contributed by atoms with van der Waals surface area (Å²) in [4.78, 5) is 24.1. The third-order valence-electron chi connectivity index (χ3n) is 2.84. The Kier molecular flexibility index (Phi) is 5.50. The van der Waals surface area contributed by atoms with E-state index in [1.54, 1.807) is 4.90 Å². The van der Waals surface area contributed by atoms with E-state index in [4.69, 9.17) is 11.5 Å². The summed E-state index contributed by atoms with van der Waals surface area (Å²) < 4.78 is 0. The molecule has 0 aromatic heterocycles. The summed E-state index contributed by atoms with van der Waals surface area (Å²) in [6.07, 6.45) is 6.96. The number of carbonyl (C=O) groups excluding carboxylic acids is 1. The monoisotopic (exact) mass is 238 g/mol. The van der Waals surface area contributed by atoms with Crippen LogP contribution >= 0.6 is 0 Å². The third-order valence-corrected chi connectivity index (χ3v) is 2.84. The predicted molar refractivity (Wildman–Crippen MR) is 63.3 cm³/mol. The number of carboxylic acids is 1. The first kappa shape index (κ1) is 13.5. The normalized spacial score (nSPS) is 19.7. The zero-order chi connectivity index (χ0) is 12.7. The first-order chi connectivity index (χ1) is 8.13. The minimum Gasteiger partial charge on any atom is -0.481 e. The van der Waals surface area contributed by atoms with Gasteiger partial charge < -0.3 is 10.0 Å². The highest BCUT2D eigenvalue weighted by Crippen LogP contribution is 2.19. The van der Waals surface area contributed by atoms with E-state index < -0.39 is 5.97 Å². The number of hydrogen-bond donors (Lipinski definition) is 2. The summed E-state index contributed by atoms with van der Waals surface area (Å²) >= 11 is 0. The number of aliphatic carboxylic acids is 1. The van der Waals surface area contributed by atoms with Gasteiger partial charge in [0.1, 0.15) is 0 Å². The van der Waals surface area contributed by atoms with Crippen molar-refractivity contribution in [2.24, 2.45) is 5.92 Å². The number of terminal acetylenes is 1. The molecule has 0 aromatic carbocycles. The molecule has 1 heterocycles. The Morgan fingerprint density at radius 1 is 1.53 bits per heavy atom. The van der Waals surface area contributed by atoms with Gasteiger partial charge in [0, 0.05) is 19.5 Å². The summed E-state index contributed by atoms with van der Waals surface area (Å²) in [5.41, 5.74) is 0. The SMILES string of the molecule is C#CCNCC(=O)N1CCCC(CC(=O)O)C1. The molecular formula is C12H18N2O3. The molecule has 2 N–H and O–H groups in total. The van der Waals surface area contributed by atoms with Gasteiger partial charge in [0.25, 0.3) is 0 Å². The number of carboxylic acid groups (broad SMARTS) is 1. The molecule has 0 bridgehead atoms. The van der Waals surface area contributed by atoms with Crippen molar-refractivity contribution in [3.8, 4) is 12.3 Å². The van der Waals surface area contributed by atoms with E-state index in [1.165, 1.54) is 0 Å². The highest BCUT2D eigenvalue weighted by molar-refractivity contribution is 5.78. The van der Waals surface area contributed by atoms with Crippen LogP contribution in [0.5, 0.6) is 0 Å². The lowest BCUT2D eigenvalue weighted by atomic mass is 9.95. The average molecular weight is 238 g/mol. The highest BCUT2D eigenvalue weighted by Gasteiger charge is 2.24. The second kappa shape index (κ2) is 6.92. The Hall–Kier alpha value is -1.54. The highest BCUT2D eigenvalue weighted by atomic mass is 16.4. The molecule has 1 atom stereocenters. The maximum absolute atomic E-state index is 11.8. The Labute approximate surface area is 101 Å². The van der Waals surface area contributed by atoms with Gasteiger partial charge in [0.2, 0.25) is 5.91 Å². The number of hydrogen-bond acceptors (Lipinski definition) is 3. The molecule has 0 spiro atoms. The Morgan fingerprint density at radius 3 is 2.94 bits per heavy atom. The molecule has 0 radical (unpaired) electrons. The van der Waals surface area contributed by atoms with Crippen molar-refractivity contribution in [1.82, 2.24) is 10.2 Å². The number of nitrogens with zero attached hydrogens (tertiary/aromatic N) is 1. The van der Waals surface area contributed by atoms with Gasteiger partial charge in [-0.2, -0.15) is 0 Å². The van der Waals surface area contributed by atoms with Gasteiger partial charge in [-0.3, -0.25) is 14.9 Å². The van der Waals surface area contributed by atoms with E-state index in [0.29, 0.717) is 19.6 Å². The molecule has 5 nitrogen and oxygen atoms in total. The number of rotatable bonds is 5. The molecule has 94 valence electrons. The number of nitrogens with one attached hydrogen (secondary N) is 1. The molecular weight excluding hydrogens is 220 g/mol. The van der Waals surface area contributed by atoms with Crippen LogP contribution in [0, 0.1) is 18.3 Å². The summed E-state index contributed by atoms with van der Waals surface area (Å²) in [6.45, 7) is 1.86. The van der Waals surface area contributed by atoms with Crippen LogP contribution in [0.1, 0.15) is 19.3 Å². The largest absolute Gasteiger partial charge is 0.481 e. The van der Waals surface area contributed by atoms with Gasteiger partial charge in [-0.15, -0.1) is 6.42 Å². The fourth-order valence-electron chi connectivity index (χ4n) is 2.06. The van der Waals surface area contributed by atoms with Crippen LogP contribution in [-0.2, 0) is 9.59 Å². The maximum Gasteiger partial charge on any atom is 0.303 e. The molecule has 0 aromatic rings. The van der Waals surface area contributed by atoms with E-state index in [9.17, 15) is 9.59 Å². The third kappa shape index (κ3) is 4.87. The smallest absolute Gasteiger partial charge is 0.303 e. The molecule has 1 fully saturated rings. The summed E-state index contributed by atoms with van der Waals surface area (Å²) in [7, 11) is 0. The minimum atomic E-state index is -0.797. The van der Waals surface area contributed by atoms with Gasteiger partial charge in [-0.05, 0) is 18.8 Å². The summed E-state index contributed by atoms with van der Waals surface area (Å²) in [5, 5.41) is 11.6. The second-order valence-electron chi connectivity index (χ2n) is 4.25. The van der Waals surface area contributed by atoms with Crippen molar-refractivity contribution >= 4 is 11.9 Å². The quantitative estimate of drug-likeness (QED) is 0.519. The summed E-state index contributed by atoms with van der Waals surface area (Å²) in [5.74, 6) is 1.68. The predicted octanol–water partition coefficient (Wildman–Crippen LogP) is -0.0775. The molecule has 1 aliphatic heterocycles. The first-order valence-electron chi connectivity index (χ1n) is 5.77. The van der Waals surface area contributed by atoms with Crippen molar-refractivity contribution in [3.05, 3.63) is 0 Å². The molecule has 1 rings (SSSR count). The maximum atomic E-state index is 11.8. The van der Waals surface area contributed by atoms with Crippen LogP contribution in [0.3, 0.4) is 0 Å². The standard InChI is InChI=1S/C12H18N2O3/c1-2-5-13-8-11(15)14-6-3-4-10(9-14)7-12(16)17/h1,10,13H,3-9H2,(H,16,17).